The fourth-order valence-electron chi connectivity index (χ4n) is 4.09. The summed E-state index contributed by atoms with van der Waals surface area (Å²) in [5, 5.41) is 10.1. The highest BCUT2D eigenvalue weighted by atomic mass is 16.5. The van der Waals surface area contributed by atoms with Gasteiger partial charge in [-0.15, -0.1) is 0 Å². The molecule has 1 N–H and O–H groups in total. The van der Waals surface area contributed by atoms with E-state index in [0.29, 0.717) is 13.2 Å². The first kappa shape index (κ1) is 18.8. The summed E-state index contributed by atoms with van der Waals surface area (Å²) in [6.07, 6.45) is 2.27. The van der Waals surface area contributed by atoms with Crippen LogP contribution >= 0.6 is 0 Å². The predicted octanol–water partition coefficient (Wildman–Crippen LogP) is 2.73. The van der Waals surface area contributed by atoms with E-state index < -0.39 is 0 Å². The van der Waals surface area contributed by atoms with Crippen molar-refractivity contribution in [1.82, 2.24) is 9.80 Å². The molecule has 2 heterocycles. The van der Waals surface area contributed by atoms with Crippen molar-refractivity contribution in [3.63, 3.8) is 0 Å². The van der Waals surface area contributed by atoms with Crippen LogP contribution in [0.4, 0.5) is 0 Å². The van der Waals surface area contributed by atoms with E-state index in [1.54, 1.807) is 0 Å². The third-order valence-electron chi connectivity index (χ3n) is 6.07. The molecule has 0 radical (unpaired) electrons. The highest BCUT2D eigenvalue weighted by Gasteiger charge is 2.29. The van der Waals surface area contributed by atoms with E-state index in [4.69, 9.17) is 4.74 Å². The second-order valence-corrected chi connectivity index (χ2v) is 8.25. The summed E-state index contributed by atoms with van der Waals surface area (Å²) in [6, 6.07) is 4.82. The van der Waals surface area contributed by atoms with Gasteiger partial charge in [-0.3, -0.25) is 9.80 Å². The van der Waals surface area contributed by atoms with Crippen LogP contribution in [0.2, 0.25) is 0 Å². The molecule has 1 aromatic rings. The van der Waals surface area contributed by atoms with Gasteiger partial charge < -0.3 is 9.84 Å². The van der Waals surface area contributed by atoms with Gasteiger partial charge in [-0.25, -0.2) is 0 Å². The first-order chi connectivity index (χ1) is 11.9. The maximum atomic E-state index is 10.1. The maximum Gasteiger partial charge on any atom is 0.0950 e. The van der Waals surface area contributed by atoms with E-state index in [0.717, 1.165) is 19.0 Å². The second-order valence-electron chi connectivity index (χ2n) is 8.25. The van der Waals surface area contributed by atoms with Gasteiger partial charge in [0.1, 0.15) is 0 Å². The van der Waals surface area contributed by atoms with Crippen molar-refractivity contribution in [2.45, 2.75) is 58.8 Å². The van der Waals surface area contributed by atoms with Gasteiger partial charge in [0.25, 0.3) is 0 Å². The summed E-state index contributed by atoms with van der Waals surface area (Å²) in [7, 11) is 2.09. The van der Waals surface area contributed by atoms with E-state index in [-0.39, 0.29) is 12.1 Å². The Morgan fingerprint density at radius 2 is 1.80 bits per heavy atom. The minimum atomic E-state index is -0.370. The third kappa shape index (κ3) is 4.62. The van der Waals surface area contributed by atoms with Crippen LogP contribution in [0.1, 0.15) is 42.0 Å². The molecule has 0 amide bonds. The van der Waals surface area contributed by atoms with Crippen molar-refractivity contribution in [2.75, 3.05) is 33.4 Å². The van der Waals surface area contributed by atoms with E-state index >= 15 is 0 Å². The lowest BCUT2D eigenvalue weighted by molar-refractivity contribution is 0.0924. The molecule has 2 aliphatic rings. The van der Waals surface area contributed by atoms with Crippen molar-refractivity contribution in [3.8, 4) is 0 Å². The van der Waals surface area contributed by atoms with Gasteiger partial charge in [-0.1, -0.05) is 19.1 Å². The van der Waals surface area contributed by atoms with Crippen LogP contribution in [0.3, 0.4) is 0 Å². The van der Waals surface area contributed by atoms with Crippen LogP contribution < -0.4 is 0 Å². The molecule has 2 aliphatic heterocycles. The lowest BCUT2D eigenvalue weighted by Crippen LogP contribution is -2.40. The van der Waals surface area contributed by atoms with Crippen molar-refractivity contribution < 1.29 is 9.84 Å². The van der Waals surface area contributed by atoms with Crippen molar-refractivity contribution >= 4 is 0 Å². The summed E-state index contributed by atoms with van der Waals surface area (Å²) in [4.78, 5) is 4.83. The van der Waals surface area contributed by atoms with Gasteiger partial charge in [0.05, 0.1) is 25.4 Å². The highest BCUT2D eigenvalue weighted by Crippen LogP contribution is 2.23. The summed E-state index contributed by atoms with van der Waals surface area (Å²) < 4.78 is 5.41. The number of hydrogen-bond acceptors (Lipinski definition) is 4. The summed E-state index contributed by atoms with van der Waals surface area (Å²) in [5.41, 5.74) is 5.56. The van der Waals surface area contributed by atoms with Crippen LogP contribution in [0.25, 0.3) is 0 Å². The molecule has 4 heteroatoms. The zero-order valence-corrected chi connectivity index (χ0v) is 16.3. The van der Waals surface area contributed by atoms with Crippen LogP contribution in [-0.4, -0.2) is 60.4 Å². The van der Waals surface area contributed by atoms with E-state index in [2.05, 4.69) is 49.8 Å². The largest absolute Gasteiger partial charge is 0.389 e. The van der Waals surface area contributed by atoms with Crippen molar-refractivity contribution in [1.29, 1.82) is 0 Å². The molecule has 25 heavy (non-hydrogen) atoms. The Bertz CT molecular complexity index is 582. The number of nitrogens with zero attached hydrogens (tertiary/aromatic N) is 2. The maximum absolute atomic E-state index is 10.1. The normalized spacial score (nSPS) is 25.8. The second kappa shape index (κ2) is 8.17. The van der Waals surface area contributed by atoms with E-state index in [1.165, 1.54) is 48.2 Å². The Hall–Kier alpha value is -0.940. The number of hydrogen-bond donors (Lipinski definition) is 1. The Labute approximate surface area is 152 Å². The smallest absolute Gasteiger partial charge is 0.0950 e. The Morgan fingerprint density at radius 3 is 2.44 bits per heavy atom. The lowest BCUT2D eigenvalue weighted by atomic mass is 9.96. The SMILES string of the molecule is Cc1cc(C)c(CN(C)[C@@H]2COC[C@H]2O)cc1CN1CCC(C)CC1. The fourth-order valence-corrected chi connectivity index (χ4v) is 4.09. The highest BCUT2D eigenvalue weighted by molar-refractivity contribution is 5.37. The number of likely N-dealkylation sites (N-methyl/N-ethyl adjacent to an activating group) is 1. The molecule has 140 valence electrons. The zero-order chi connectivity index (χ0) is 18.0. The summed E-state index contributed by atoms with van der Waals surface area (Å²) >= 11 is 0. The fraction of sp³-hybridized carbons (Fsp3) is 0.714. The minimum absolute atomic E-state index is 0.104. The monoisotopic (exact) mass is 346 g/mol. The molecule has 2 saturated heterocycles. The topological polar surface area (TPSA) is 35.9 Å². The first-order valence-corrected chi connectivity index (χ1v) is 9.71. The lowest BCUT2D eigenvalue weighted by Gasteiger charge is -2.31. The number of aryl methyl sites for hydroxylation is 2. The quantitative estimate of drug-likeness (QED) is 0.889. The van der Waals surface area contributed by atoms with Gasteiger partial charge in [0.2, 0.25) is 0 Å². The van der Waals surface area contributed by atoms with Crippen molar-refractivity contribution in [2.24, 2.45) is 5.92 Å². The standard InChI is InChI=1S/C21H34N2O2/c1-15-5-7-23(8-6-15)12-19-10-18(16(2)9-17(19)3)11-22(4)20-13-25-14-21(20)24/h9-10,15,20-21,24H,5-8,11-14H2,1-4H3/t20-,21-/m1/s1. The number of piperidine rings is 1. The van der Waals surface area contributed by atoms with Crippen LogP contribution in [-0.2, 0) is 17.8 Å². The number of rotatable bonds is 5. The van der Waals surface area contributed by atoms with E-state index in [9.17, 15) is 5.11 Å². The van der Waals surface area contributed by atoms with Gasteiger partial charge in [-0.2, -0.15) is 0 Å². The number of benzene rings is 1. The molecule has 0 bridgehead atoms. The summed E-state index contributed by atoms with van der Waals surface area (Å²) in [6.45, 7) is 12.2. The van der Waals surface area contributed by atoms with Gasteiger partial charge >= 0.3 is 0 Å². The van der Waals surface area contributed by atoms with Crippen LogP contribution in [0, 0.1) is 19.8 Å². The Morgan fingerprint density at radius 1 is 1.12 bits per heavy atom. The molecular weight excluding hydrogens is 312 g/mol. The molecule has 0 aromatic heterocycles. The van der Waals surface area contributed by atoms with Gasteiger partial charge in [-0.05, 0) is 75.0 Å². The van der Waals surface area contributed by atoms with Crippen molar-refractivity contribution in [3.05, 3.63) is 34.4 Å². The number of ether oxygens (including phenoxy) is 1. The molecule has 2 fully saturated rings. The molecule has 3 rings (SSSR count). The van der Waals surface area contributed by atoms with E-state index in [1.807, 2.05) is 0 Å². The van der Waals surface area contributed by atoms with Crippen LogP contribution in [0.15, 0.2) is 12.1 Å². The molecule has 1 aromatic carbocycles. The molecule has 0 aliphatic carbocycles. The summed E-state index contributed by atoms with van der Waals surface area (Å²) in [5.74, 6) is 0.875. The number of likely N-dealkylation sites (tertiary alicyclic amines) is 1. The average molecular weight is 347 g/mol. The molecule has 0 unspecified atom stereocenters. The third-order valence-corrected chi connectivity index (χ3v) is 6.07. The zero-order valence-electron chi connectivity index (χ0n) is 16.3. The molecule has 2 atom stereocenters. The number of aliphatic hydroxyl groups is 1. The number of aliphatic hydroxyl groups excluding tert-OH is 1. The van der Waals surface area contributed by atoms with Gasteiger partial charge in [0, 0.05) is 13.1 Å². The first-order valence-electron chi connectivity index (χ1n) is 9.71. The minimum Gasteiger partial charge on any atom is -0.389 e. The van der Waals surface area contributed by atoms with Crippen LogP contribution in [0.5, 0.6) is 0 Å². The average Bonchev–Trinajstić information content (AvgIpc) is 3.00. The Balaban J connectivity index is 1.69. The molecular formula is C21H34N2O2. The van der Waals surface area contributed by atoms with Gasteiger partial charge in [0.15, 0.2) is 0 Å². The molecule has 4 nitrogen and oxygen atoms in total. The molecule has 0 spiro atoms. The predicted molar refractivity (Wildman–Crippen MR) is 102 cm³/mol. The Kier molecular flexibility index (Phi) is 6.16. The molecule has 0 saturated carbocycles.